The molecular weight excluding hydrogens is 304 g/mol. The van der Waals surface area contributed by atoms with Gasteiger partial charge in [0.1, 0.15) is 5.75 Å². The van der Waals surface area contributed by atoms with E-state index in [2.05, 4.69) is 5.32 Å². The molecule has 0 saturated carbocycles. The lowest BCUT2D eigenvalue weighted by Crippen LogP contribution is -2.38. The molecule has 0 aromatic heterocycles. The van der Waals surface area contributed by atoms with Crippen molar-refractivity contribution in [3.05, 3.63) is 60.2 Å². The monoisotopic (exact) mass is 324 g/mol. The molecule has 1 aliphatic heterocycles. The molecule has 0 unspecified atom stereocenters. The average molecular weight is 324 g/mol. The van der Waals surface area contributed by atoms with Gasteiger partial charge in [-0.05, 0) is 29.8 Å². The van der Waals surface area contributed by atoms with Gasteiger partial charge >= 0.3 is 0 Å². The molecule has 2 amide bonds. The lowest BCUT2D eigenvalue weighted by atomic mass is 10.1. The van der Waals surface area contributed by atoms with E-state index in [-0.39, 0.29) is 17.9 Å². The summed E-state index contributed by atoms with van der Waals surface area (Å²) in [6, 6.07) is 16.8. The van der Waals surface area contributed by atoms with E-state index in [1.54, 1.807) is 12.0 Å². The lowest BCUT2D eigenvalue weighted by Gasteiger charge is -2.17. The molecule has 1 heterocycles. The first kappa shape index (κ1) is 16.1. The molecule has 1 fully saturated rings. The van der Waals surface area contributed by atoms with E-state index in [1.807, 2.05) is 54.6 Å². The molecule has 1 saturated heterocycles. The van der Waals surface area contributed by atoms with E-state index >= 15 is 0 Å². The third kappa shape index (κ3) is 3.74. The number of nitrogens with one attached hydrogen (secondary N) is 1. The van der Waals surface area contributed by atoms with Gasteiger partial charge in [-0.15, -0.1) is 0 Å². The number of anilines is 1. The highest BCUT2D eigenvalue weighted by atomic mass is 16.5. The molecule has 3 rings (SSSR count). The Morgan fingerprint density at radius 3 is 2.54 bits per heavy atom. The smallest absolute Gasteiger partial charge is 0.229 e. The summed E-state index contributed by atoms with van der Waals surface area (Å²) in [6.07, 6.45) is 0.653. The fourth-order valence-corrected chi connectivity index (χ4v) is 2.88. The van der Waals surface area contributed by atoms with Crippen LogP contribution in [0.25, 0.3) is 0 Å². The Balaban J connectivity index is 1.59. The van der Waals surface area contributed by atoms with Gasteiger partial charge < -0.3 is 15.0 Å². The maximum atomic E-state index is 12.2. The van der Waals surface area contributed by atoms with Crippen LogP contribution in [0.5, 0.6) is 5.75 Å². The molecule has 5 heteroatoms. The minimum Gasteiger partial charge on any atom is -0.497 e. The van der Waals surface area contributed by atoms with Crippen molar-refractivity contribution >= 4 is 17.5 Å². The van der Waals surface area contributed by atoms with E-state index in [0.717, 1.165) is 17.0 Å². The van der Waals surface area contributed by atoms with Gasteiger partial charge in [0.15, 0.2) is 0 Å². The van der Waals surface area contributed by atoms with Crippen LogP contribution in [-0.2, 0) is 16.0 Å². The molecule has 1 aliphatic rings. The van der Waals surface area contributed by atoms with Crippen LogP contribution in [0.4, 0.5) is 5.69 Å². The van der Waals surface area contributed by atoms with Gasteiger partial charge in [-0.1, -0.05) is 30.3 Å². The van der Waals surface area contributed by atoms with Crippen molar-refractivity contribution in [2.24, 2.45) is 0 Å². The van der Waals surface area contributed by atoms with Crippen molar-refractivity contribution in [1.29, 1.82) is 0 Å². The predicted octanol–water partition coefficient (Wildman–Crippen LogP) is 2.16. The van der Waals surface area contributed by atoms with Crippen LogP contribution in [0, 0.1) is 0 Å². The van der Waals surface area contributed by atoms with Gasteiger partial charge in [-0.3, -0.25) is 9.59 Å². The molecule has 0 spiro atoms. The summed E-state index contributed by atoms with van der Waals surface area (Å²) in [5, 5.41) is 2.95. The highest BCUT2D eigenvalue weighted by Crippen LogP contribution is 2.24. The number of hydrogen-bond acceptors (Lipinski definition) is 3. The molecular formula is C19H20N2O3. The average Bonchev–Trinajstić information content (AvgIpc) is 2.96. The lowest BCUT2D eigenvalue weighted by molar-refractivity contribution is -0.121. The number of hydrogen-bond donors (Lipinski definition) is 1. The van der Waals surface area contributed by atoms with Crippen LogP contribution < -0.4 is 15.0 Å². The molecule has 1 N–H and O–H groups in total. The number of carbonyl (C=O) groups is 2. The van der Waals surface area contributed by atoms with E-state index in [0.29, 0.717) is 19.4 Å². The number of carbonyl (C=O) groups excluding carboxylic acids is 2. The minimum atomic E-state index is -0.157. The van der Waals surface area contributed by atoms with Crippen molar-refractivity contribution in [3.8, 4) is 5.75 Å². The number of benzene rings is 2. The molecule has 124 valence electrons. The Labute approximate surface area is 141 Å². The largest absolute Gasteiger partial charge is 0.497 e. The zero-order valence-electron chi connectivity index (χ0n) is 13.6. The zero-order chi connectivity index (χ0) is 16.9. The summed E-state index contributed by atoms with van der Waals surface area (Å²) in [5.74, 6) is 0.707. The fourth-order valence-electron chi connectivity index (χ4n) is 2.88. The third-order valence-corrected chi connectivity index (χ3v) is 4.08. The van der Waals surface area contributed by atoms with Crippen molar-refractivity contribution in [2.45, 2.75) is 18.9 Å². The molecule has 1 atom stereocenters. The quantitative estimate of drug-likeness (QED) is 0.917. The number of methoxy groups -OCH3 is 1. The van der Waals surface area contributed by atoms with Crippen molar-refractivity contribution in [2.75, 3.05) is 18.6 Å². The zero-order valence-corrected chi connectivity index (χ0v) is 13.6. The summed E-state index contributed by atoms with van der Waals surface area (Å²) in [5.41, 5.74) is 1.78. The predicted molar refractivity (Wildman–Crippen MR) is 92.0 cm³/mol. The second kappa shape index (κ2) is 7.17. The maximum absolute atomic E-state index is 12.2. The van der Waals surface area contributed by atoms with Gasteiger partial charge in [-0.2, -0.15) is 0 Å². The highest BCUT2D eigenvalue weighted by molar-refractivity contribution is 5.97. The Hall–Kier alpha value is -2.82. The second-order valence-corrected chi connectivity index (χ2v) is 5.83. The van der Waals surface area contributed by atoms with Gasteiger partial charge in [0.2, 0.25) is 11.8 Å². The Morgan fingerprint density at radius 2 is 1.88 bits per heavy atom. The number of ether oxygens (including phenoxy) is 1. The fraction of sp³-hybridized carbons (Fsp3) is 0.263. The molecule has 0 aliphatic carbocycles. The first-order valence-corrected chi connectivity index (χ1v) is 7.93. The van der Waals surface area contributed by atoms with Gasteiger partial charge in [-0.25, -0.2) is 0 Å². The molecule has 5 nitrogen and oxygen atoms in total. The van der Waals surface area contributed by atoms with Crippen LogP contribution in [0.2, 0.25) is 0 Å². The molecule has 0 radical (unpaired) electrons. The normalized spacial score (nSPS) is 17.0. The summed E-state index contributed by atoms with van der Waals surface area (Å²) < 4.78 is 5.13. The molecule has 0 bridgehead atoms. The van der Waals surface area contributed by atoms with Crippen LogP contribution >= 0.6 is 0 Å². The number of rotatable bonds is 5. The van der Waals surface area contributed by atoms with Crippen molar-refractivity contribution in [1.82, 2.24) is 5.32 Å². The Morgan fingerprint density at radius 1 is 1.17 bits per heavy atom. The van der Waals surface area contributed by atoms with Crippen LogP contribution in [-0.4, -0.2) is 31.5 Å². The van der Waals surface area contributed by atoms with E-state index < -0.39 is 0 Å². The summed E-state index contributed by atoms with van der Waals surface area (Å²) in [6.45, 7) is 0.492. The summed E-state index contributed by atoms with van der Waals surface area (Å²) in [7, 11) is 1.61. The third-order valence-electron chi connectivity index (χ3n) is 4.08. The number of amides is 2. The van der Waals surface area contributed by atoms with Gasteiger partial charge in [0.05, 0.1) is 19.6 Å². The molecule has 24 heavy (non-hydrogen) atoms. The Bertz CT molecular complexity index is 713. The molecule has 2 aromatic rings. The molecule has 2 aromatic carbocycles. The Kier molecular flexibility index (Phi) is 4.79. The first-order chi connectivity index (χ1) is 11.7. The van der Waals surface area contributed by atoms with Crippen molar-refractivity contribution < 1.29 is 14.3 Å². The van der Waals surface area contributed by atoms with Crippen LogP contribution in [0.3, 0.4) is 0 Å². The summed E-state index contributed by atoms with van der Waals surface area (Å²) in [4.78, 5) is 26.1. The van der Waals surface area contributed by atoms with E-state index in [1.165, 1.54) is 0 Å². The minimum absolute atomic E-state index is 0.0187. The summed E-state index contributed by atoms with van der Waals surface area (Å²) >= 11 is 0. The second-order valence-electron chi connectivity index (χ2n) is 5.83. The standard InChI is InChI=1S/C19H20N2O3/c1-24-17-9-7-16(8-10-17)21-13-15(12-19(21)23)20-18(22)11-14-5-3-2-4-6-14/h2-10,15H,11-13H2,1H3,(H,20,22)/t15-/m1/s1. The highest BCUT2D eigenvalue weighted by Gasteiger charge is 2.31. The first-order valence-electron chi connectivity index (χ1n) is 7.93. The van der Waals surface area contributed by atoms with Crippen LogP contribution in [0.1, 0.15) is 12.0 Å². The van der Waals surface area contributed by atoms with E-state index in [4.69, 9.17) is 4.74 Å². The maximum Gasteiger partial charge on any atom is 0.229 e. The van der Waals surface area contributed by atoms with Gasteiger partial charge in [0.25, 0.3) is 0 Å². The topological polar surface area (TPSA) is 58.6 Å². The SMILES string of the molecule is COc1ccc(N2C[C@H](NC(=O)Cc3ccccc3)CC2=O)cc1. The van der Waals surface area contributed by atoms with Crippen LogP contribution in [0.15, 0.2) is 54.6 Å². The number of nitrogens with zero attached hydrogens (tertiary/aromatic N) is 1. The van der Waals surface area contributed by atoms with E-state index in [9.17, 15) is 9.59 Å². The van der Waals surface area contributed by atoms with Crippen molar-refractivity contribution in [3.63, 3.8) is 0 Å². The van der Waals surface area contributed by atoms with Gasteiger partial charge in [0, 0.05) is 18.7 Å².